The fourth-order valence-corrected chi connectivity index (χ4v) is 1.000. The summed E-state index contributed by atoms with van der Waals surface area (Å²) in [6.45, 7) is 2.00. The van der Waals surface area contributed by atoms with Crippen molar-refractivity contribution >= 4 is 12.0 Å². The Balaban J connectivity index is 2.80. The van der Waals surface area contributed by atoms with Gasteiger partial charge in [0.15, 0.2) is 0 Å². The molecule has 0 aliphatic rings. The van der Waals surface area contributed by atoms with Gasteiger partial charge in [0.2, 0.25) is 0 Å². The summed E-state index contributed by atoms with van der Waals surface area (Å²) in [6.07, 6.45) is 3.17. The summed E-state index contributed by atoms with van der Waals surface area (Å²) in [6, 6.07) is 7.85. The maximum absolute atomic E-state index is 10.8. The van der Waals surface area contributed by atoms with Crippen molar-refractivity contribution in [3.05, 3.63) is 41.5 Å². The number of methoxy groups -OCH3 is 1. The van der Waals surface area contributed by atoms with E-state index in [2.05, 4.69) is 4.74 Å². The van der Waals surface area contributed by atoms with Crippen LogP contribution in [0.15, 0.2) is 30.3 Å². The van der Waals surface area contributed by atoms with Crippen molar-refractivity contribution in [3.63, 3.8) is 0 Å². The SMILES string of the molecule is COC(=[18O])/C=C/c1ccccc1C. The van der Waals surface area contributed by atoms with Gasteiger partial charge in [-0.3, -0.25) is 0 Å². The number of carbonyl (C=O) groups is 1. The lowest BCUT2D eigenvalue weighted by Gasteiger charge is -1.97. The predicted molar refractivity (Wildman–Crippen MR) is 52.2 cm³/mol. The van der Waals surface area contributed by atoms with E-state index in [-0.39, 0.29) is 5.97 Å². The van der Waals surface area contributed by atoms with Crippen molar-refractivity contribution in [2.75, 3.05) is 7.11 Å². The summed E-state index contributed by atoms with van der Waals surface area (Å²) in [5, 5.41) is 0. The molecule has 0 spiro atoms. The molecule has 1 aromatic carbocycles. The van der Waals surface area contributed by atoms with Crippen LogP contribution < -0.4 is 0 Å². The van der Waals surface area contributed by atoms with Gasteiger partial charge in [0.1, 0.15) is 0 Å². The number of ether oxygens (including phenoxy) is 1. The Kier molecular flexibility index (Phi) is 3.26. The third-order valence-electron chi connectivity index (χ3n) is 1.79. The summed E-state index contributed by atoms with van der Waals surface area (Å²) in [5.74, 6) is -0.330. The van der Waals surface area contributed by atoms with Gasteiger partial charge < -0.3 is 4.74 Å². The molecule has 0 N–H and O–H groups in total. The van der Waals surface area contributed by atoms with Gasteiger partial charge in [0, 0.05) is 6.08 Å². The summed E-state index contributed by atoms with van der Waals surface area (Å²) < 4.78 is 4.49. The van der Waals surface area contributed by atoms with E-state index in [0.29, 0.717) is 0 Å². The average Bonchev–Trinajstić information content (AvgIpc) is 2.16. The van der Waals surface area contributed by atoms with Gasteiger partial charge in [0.25, 0.3) is 0 Å². The lowest BCUT2D eigenvalue weighted by Crippen LogP contribution is -1.93. The fourth-order valence-electron chi connectivity index (χ4n) is 1.000. The molecular weight excluding hydrogens is 166 g/mol. The van der Waals surface area contributed by atoms with Crippen molar-refractivity contribution in [2.45, 2.75) is 6.92 Å². The number of aryl methyl sites for hydroxylation is 1. The molecule has 0 aliphatic carbocycles. The molecule has 0 unspecified atom stereocenters. The number of rotatable bonds is 2. The molecule has 0 saturated carbocycles. The molecule has 1 aromatic rings. The Hall–Kier alpha value is -1.57. The predicted octanol–water partition coefficient (Wildman–Crippen LogP) is 2.18. The van der Waals surface area contributed by atoms with Crippen LogP contribution in [0.5, 0.6) is 0 Å². The molecule has 0 fully saturated rings. The van der Waals surface area contributed by atoms with Gasteiger partial charge in [-0.25, -0.2) is 4.79 Å². The second kappa shape index (κ2) is 4.45. The highest BCUT2D eigenvalue weighted by molar-refractivity contribution is 5.87. The van der Waals surface area contributed by atoms with Crippen LogP contribution in [0.3, 0.4) is 0 Å². The Morgan fingerprint density at radius 1 is 1.38 bits per heavy atom. The molecule has 1 rings (SSSR count). The van der Waals surface area contributed by atoms with Gasteiger partial charge in [-0.2, -0.15) is 0 Å². The number of carbonyl (C=O) groups excluding carboxylic acids is 1. The molecule has 0 radical (unpaired) electrons. The fraction of sp³-hybridized carbons (Fsp3) is 0.182. The highest BCUT2D eigenvalue weighted by atomic mass is 18.1. The molecule has 0 aliphatic heterocycles. The molecule has 2 nitrogen and oxygen atoms in total. The second-order valence-corrected chi connectivity index (χ2v) is 2.71. The van der Waals surface area contributed by atoms with Crippen LogP contribution in [0, 0.1) is 6.92 Å². The Bertz CT molecular complexity index is 327. The number of benzene rings is 1. The maximum atomic E-state index is 10.8. The largest absolute Gasteiger partial charge is 0.466 e. The molecule has 0 saturated heterocycles. The van der Waals surface area contributed by atoms with Crippen molar-refractivity contribution in [1.29, 1.82) is 0 Å². The minimum Gasteiger partial charge on any atom is -0.466 e. The average molecular weight is 178 g/mol. The Morgan fingerprint density at radius 2 is 2.08 bits per heavy atom. The zero-order chi connectivity index (χ0) is 9.68. The van der Waals surface area contributed by atoms with Gasteiger partial charge in [-0.05, 0) is 24.1 Å². The van der Waals surface area contributed by atoms with Gasteiger partial charge in [0.05, 0.1) is 7.11 Å². The highest BCUT2D eigenvalue weighted by Gasteiger charge is 1.93. The van der Waals surface area contributed by atoms with E-state index in [1.54, 1.807) is 6.08 Å². The summed E-state index contributed by atoms with van der Waals surface area (Å²) in [5.41, 5.74) is 2.18. The molecule has 0 heterocycles. The molecule has 68 valence electrons. The summed E-state index contributed by atoms with van der Waals surface area (Å²) in [4.78, 5) is 10.8. The molecular formula is C11H12O2. The zero-order valence-corrected chi connectivity index (χ0v) is 7.78. The van der Waals surface area contributed by atoms with Crippen LogP contribution in [0.4, 0.5) is 0 Å². The Morgan fingerprint density at radius 3 is 2.69 bits per heavy atom. The first kappa shape index (κ1) is 9.52. The summed E-state index contributed by atoms with van der Waals surface area (Å²) in [7, 11) is 1.37. The molecule has 13 heavy (non-hydrogen) atoms. The van der Waals surface area contributed by atoms with E-state index in [1.165, 1.54) is 13.2 Å². The van der Waals surface area contributed by atoms with E-state index in [4.69, 9.17) is 0 Å². The number of hydrogen-bond donors (Lipinski definition) is 0. The Labute approximate surface area is 77.8 Å². The van der Waals surface area contributed by atoms with Crippen LogP contribution in [-0.4, -0.2) is 13.1 Å². The van der Waals surface area contributed by atoms with Crippen LogP contribution in [-0.2, 0) is 9.53 Å². The van der Waals surface area contributed by atoms with Crippen LogP contribution in [0.25, 0.3) is 6.08 Å². The van der Waals surface area contributed by atoms with E-state index < -0.39 is 0 Å². The van der Waals surface area contributed by atoms with Crippen molar-refractivity contribution in [1.82, 2.24) is 0 Å². The molecule has 0 amide bonds. The van der Waals surface area contributed by atoms with E-state index >= 15 is 0 Å². The van der Waals surface area contributed by atoms with Crippen LogP contribution in [0.1, 0.15) is 11.1 Å². The van der Waals surface area contributed by atoms with Gasteiger partial charge in [-0.1, -0.05) is 24.3 Å². The van der Waals surface area contributed by atoms with Crippen molar-refractivity contribution < 1.29 is 9.53 Å². The quantitative estimate of drug-likeness (QED) is 0.394. The van der Waals surface area contributed by atoms with Gasteiger partial charge >= 0.3 is 5.97 Å². The zero-order valence-electron chi connectivity index (χ0n) is 7.78. The third kappa shape index (κ3) is 2.75. The van der Waals surface area contributed by atoms with Crippen LogP contribution in [0.2, 0.25) is 0 Å². The smallest absolute Gasteiger partial charge is 0.330 e. The van der Waals surface area contributed by atoms with Crippen LogP contribution >= 0.6 is 0 Å². The number of hydrogen-bond acceptors (Lipinski definition) is 2. The normalized spacial score (nSPS) is 10.3. The minimum absolute atomic E-state index is 0.330. The standard InChI is InChI=1S/C11H12O2/c1-9-5-3-4-6-10(9)7-8-11(12)13-2/h3-8H,1-2H3/b8-7+/i12+2. The van der Waals surface area contributed by atoms with E-state index in [1.807, 2.05) is 31.2 Å². The minimum atomic E-state index is -0.330. The maximum Gasteiger partial charge on any atom is 0.330 e. The van der Waals surface area contributed by atoms with E-state index in [0.717, 1.165) is 11.1 Å². The highest BCUT2D eigenvalue weighted by Crippen LogP contribution is 2.08. The molecule has 2 heteroatoms. The summed E-state index contributed by atoms with van der Waals surface area (Å²) >= 11 is 0. The monoisotopic (exact) mass is 178 g/mol. The molecule has 0 bridgehead atoms. The van der Waals surface area contributed by atoms with Crippen molar-refractivity contribution in [3.8, 4) is 0 Å². The first-order valence-corrected chi connectivity index (χ1v) is 4.05. The topological polar surface area (TPSA) is 26.3 Å². The molecule has 0 aromatic heterocycles. The first-order chi connectivity index (χ1) is 6.24. The number of esters is 1. The molecule has 0 atom stereocenters. The lowest BCUT2D eigenvalue weighted by atomic mass is 10.1. The van der Waals surface area contributed by atoms with E-state index in [9.17, 15) is 4.79 Å². The second-order valence-electron chi connectivity index (χ2n) is 2.71. The third-order valence-corrected chi connectivity index (χ3v) is 1.79. The van der Waals surface area contributed by atoms with Crippen molar-refractivity contribution in [2.24, 2.45) is 0 Å². The lowest BCUT2D eigenvalue weighted by molar-refractivity contribution is -0.134. The van der Waals surface area contributed by atoms with Gasteiger partial charge in [-0.15, -0.1) is 0 Å². The first-order valence-electron chi connectivity index (χ1n) is 4.05.